The highest BCUT2D eigenvalue weighted by Crippen LogP contribution is 2.18. The van der Waals surface area contributed by atoms with Gasteiger partial charge in [-0.3, -0.25) is 4.79 Å². The number of benzene rings is 2. The summed E-state index contributed by atoms with van der Waals surface area (Å²) in [5.74, 6) is 0.664. The van der Waals surface area contributed by atoms with Gasteiger partial charge in [0.25, 0.3) is 0 Å². The summed E-state index contributed by atoms with van der Waals surface area (Å²) in [4.78, 5) is 12.0. The molecule has 1 amide bonds. The highest BCUT2D eigenvalue weighted by atomic mass is 16.5. The van der Waals surface area contributed by atoms with Crippen LogP contribution in [0.2, 0.25) is 0 Å². The third kappa shape index (κ3) is 4.52. The van der Waals surface area contributed by atoms with Crippen molar-refractivity contribution in [2.75, 3.05) is 23.8 Å². The molecule has 2 N–H and O–H groups in total. The van der Waals surface area contributed by atoms with Crippen LogP contribution in [0.4, 0.5) is 11.4 Å². The van der Waals surface area contributed by atoms with E-state index < -0.39 is 0 Å². The van der Waals surface area contributed by atoms with Crippen LogP contribution in [0, 0.1) is 13.8 Å². The summed E-state index contributed by atoms with van der Waals surface area (Å²) in [5, 5.41) is 6.03. The molecule has 0 unspecified atom stereocenters. The Morgan fingerprint density at radius 3 is 2.73 bits per heavy atom. The molecule has 2 aromatic carbocycles. The van der Waals surface area contributed by atoms with Crippen molar-refractivity contribution in [1.82, 2.24) is 0 Å². The van der Waals surface area contributed by atoms with Gasteiger partial charge in [0.1, 0.15) is 5.75 Å². The number of anilines is 2. The lowest BCUT2D eigenvalue weighted by Gasteiger charge is -2.11. The van der Waals surface area contributed by atoms with E-state index in [1.807, 2.05) is 57.2 Å². The molecule has 4 nitrogen and oxygen atoms in total. The Kier molecular flexibility index (Phi) is 5.42. The maximum absolute atomic E-state index is 12.0. The minimum Gasteiger partial charge on any atom is -0.494 e. The van der Waals surface area contributed by atoms with Crippen molar-refractivity contribution in [3.05, 3.63) is 53.6 Å². The second-order valence-electron chi connectivity index (χ2n) is 5.18. The average Bonchev–Trinajstić information content (AvgIpc) is 2.49. The van der Waals surface area contributed by atoms with E-state index in [0.29, 0.717) is 6.61 Å². The second-order valence-corrected chi connectivity index (χ2v) is 5.18. The predicted molar refractivity (Wildman–Crippen MR) is 90.6 cm³/mol. The minimum atomic E-state index is -0.0884. The van der Waals surface area contributed by atoms with Gasteiger partial charge in [-0.25, -0.2) is 0 Å². The first-order valence-corrected chi connectivity index (χ1v) is 7.42. The van der Waals surface area contributed by atoms with E-state index in [9.17, 15) is 4.79 Å². The summed E-state index contributed by atoms with van der Waals surface area (Å²) in [6.07, 6.45) is 0. The van der Waals surface area contributed by atoms with Gasteiger partial charge < -0.3 is 15.4 Å². The normalized spacial score (nSPS) is 10.1. The molecule has 0 atom stereocenters. The Bertz CT molecular complexity index is 653. The number of rotatable bonds is 6. The quantitative estimate of drug-likeness (QED) is 0.854. The molecular weight excluding hydrogens is 276 g/mol. The molecule has 0 bridgehead atoms. The largest absolute Gasteiger partial charge is 0.494 e. The van der Waals surface area contributed by atoms with Gasteiger partial charge in [0.05, 0.1) is 13.2 Å². The smallest absolute Gasteiger partial charge is 0.243 e. The van der Waals surface area contributed by atoms with Crippen molar-refractivity contribution in [2.24, 2.45) is 0 Å². The monoisotopic (exact) mass is 298 g/mol. The molecule has 0 aliphatic rings. The van der Waals surface area contributed by atoms with E-state index in [1.165, 1.54) is 0 Å². The van der Waals surface area contributed by atoms with Gasteiger partial charge >= 0.3 is 0 Å². The maximum Gasteiger partial charge on any atom is 0.243 e. The van der Waals surface area contributed by atoms with E-state index in [0.717, 1.165) is 28.3 Å². The van der Waals surface area contributed by atoms with E-state index in [1.54, 1.807) is 0 Å². The van der Waals surface area contributed by atoms with Crippen molar-refractivity contribution >= 4 is 17.3 Å². The molecule has 2 rings (SSSR count). The molecule has 0 heterocycles. The van der Waals surface area contributed by atoms with Crippen LogP contribution < -0.4 is 15.4 Å². The summed E-state index contributed by atoms with van der Waals surface area (Å²) >= 11 is 0. The summed E-state index contributed by atoms with van der Waals surface area (Å²) in [5.41, 5.74) is 4.01. The average molecular weight is 298 g/mol. The third-order valence-electron chi connectivity index (χ3n) is 3.26. The standard InChI is InChI=1S/C18H22N2O2/c1-4-22-16-7-5-6-15(11-16)20-18(21)12-19-17-10-13(2)8-9-14(17)3/h5-11,19H,4,12H2,1-3H3,(H,20,21). The molecule has 2 aromatic rings. The maximum atomic E-state index is 12.0. The van der Waals surface area contributed by atoms with Crippen LogP contribution in [-0.2, 0) is 4.79 Å². The summed E-state index contributed by atoms with van der Waals surface area (Å²) in [6.45, 7) is 6.81. The fraction of sp³-hybridized carbons (Fsp3) is 0.278. The SMILES string of the molecule is CCOc1cccc(NC(=O)CNc2cc(C)ccc2C)c1. The molecule has 0 saturated carbocycles. The molecule has 0 aliphatic heterocycles. The van der Waals surface area contributed by atoms with Crippen LogP contribution in [0.1, 0.15) is 18.1 Å². The Balaban J connectivity index is 1.93. The topological polar surface area (TPSA) is 50.4 Å². The summed E-state index contributed by atoms with van der Waals surface area (Å²) < 4.78 is 5.42. The summed E-state index contributed by atoms with van der Waals surface area (Å²) in [6, 6.07) is 13.5. The lowest BCUT2D eigenvalue weighted by Crippen LogP contribution is -2.22. The van der Waals surface area contributed by atoms with Gasteiger partial charge in [0.2, 0.25) is 5.91 Å². The molecule has 4 heteroatoms. The van der Waals surface area contributed by atoms with Crippen LogP contribution >= 0.6 is 0 Å². The van der Waals surface area contributed by atoms with Crippen LogP contribution in [0.15, 0.2) is 42.5 Å². The van der Waals surface area contributed by atoms with Crippen molar-refractivity contribution in [1.29, 1.82) is 0 Å². The number of carbonyl (C=O) groups is 1. The zero-order valence-electron chi connectivity index (χ0n) is 13.3. The van der Waals surface area contributed by atoms with Crippen LogP contribution in [-0.4, -0.2) is 19.1 Å². The van der Waals surface area contributed by atoms with Crippen LogP contribution in [0.5, 0.6) is 5.75 Å². The molecule has 0 saturated heterocycles. The van der Waals surface area contributed by atoms with Crippen LogP contribution in [0.3, 0.4) is 0 Å². The van der Waals surface area contributed by atoms with E-state index in [-0.39, 0.29) is 12.5 Å². The zero-order valence-corrected chi connectivity index (χ0v) is 13.3. The molecule has 0 spiro atoms. The fourth-order valence-corrected chi connectivity index (χ4v) is 2.14. The van der Waals surface area contributed by atoms with Gasteiger partial charge in [0, 0.05) is 17.4 Å². The molecule has 22 heavy (non-hydrogen) atoms. The molecule has 0 aromatic heterocycles. The highest BCUT2D eigenvalue weighted by molar-refractivity contribution is 5.94. The van der Waals surface area contributed by atoms with Crippen LogP contribution in [0.25, 0.3) is 0 Å². The van der Waals surface area contributed by atoms with Crippen molar-refractivity contribution in [3.8, 4) is 5.75 Å². The van der Waals surface area contributed by atoms with Crippen molar-refractivity contribution < 1.29 is 9.53 Å². The van der Waals surface area contributed by atoms with Gasteiger partial charge in [0.15, 0.2) is 0 Å². The first kappa shape index (κ1) is 15.9. The van der Waals surface area contributed by atoms with Gasteiger partial charge in [-0.05, 0) is 50.1 Å². The lowest BCUT2D eigenvalue weighted by atomic mass is 10.1. The number of carbonyl (C=O) groups excluding carboxylic acids is 1. The van der Waals surface area contributed by atoms with Gasteiger partial charge in [-0.15, -0.1) is 0 Å². The Labute approximate surface area is 131 Å². The Morgan fingerprint density at radius 2 is 1.95 bits per heavy atom. The number of aryl methyl sites for hydroxylation is 2. The van der Waals surface area contributed by atoms with Crippen molar-refractivity contribution in [3.63, 3.8) is 0 Å². The minimum absolute atomic E-state index is 0.0884. The molecule has 0 radical (unpaired) electrons. The lowest BCUT2D eigenvalue weighted by molar-refractivity contribution is -0.114. The van der Waals surface area contributed by atoms with Gasteiger partial charge in [-0.2, -0.15) is 0 Å². The number of amides is 1. The zero-order chi connectivity index (χ0) is 15.9. The number of hydrogen-bond acceptors (Lipinski definition) is 3. The highest BCUT2D eigenvalue weighted by Gasteiger charge is 2.05. The van der Waals surface area contributed by atoms with E-state index >= 15 is 0 Å². The Hall–Kier alpha value is -2.49. The van der Waals surface area contributed by atoms with Crippen molar-refractivity contribution in [2.45, 2.75) is 20.8 Å². The number of hydrogen-bond donors (Lipinski definition) is 2. The fourth-order valence-electron chi connectivity index (χ4n) is 2.14. The molecular formula is C18H22N2O2. The van der Waals surface area contributed by atoms with Gasteiger partial charge in [-0.1, -0.05) is 18.2 Å². The first-order valence-electron chi connectivity index (χ1n) is 7.42. The summed E-state index contributed by atoms with van der Waals surface area (Å²) in [7, 11) is 0. The number of nitrogens with one attached hydrogen (secondary N) is 2. The predicted octanol–water partition coefficient (Wildman–Crippen LogP) is 3.75. The molecule has 0 fully saturated rings. The first-order chi connectivity index (χ1) is 10.6. The Morgan fingerprint density at radius 1 is 1.14 bits per heavy atom. The van der Waals surface area contributed by atoms with E-state index in [4.69, 9.17) is 4.74 Å². The number of ether oxygens (including phenoxy) is 1. The van der Waals surface area contributed by atoms with E-state index in [2.05, 4.69) is 16.7 Å². The molecule has 0 aliphatic carbocycles. The third-order valence-corrected chi connectivity index (χ3v) is 3.26. The second kappa shape index (κ2) is 7.50. The molecule has 116 valence electrons.